The molecule has 0 spiro atoms. The number of hydrogen-bond acceptors (Lipinski definition) is 2. The van der Waals surface area contributed by atoms with Gasteiger partial charge in [-0.05, 0) is 49.4 Å². The van der Waals surface area contributed by atoms with Crippen molar-refractivity contribution in [1.82, 2.24) is 9.55 Å². The Labute approximate surface area is 141 Å². The highest BCUT2D eigenvalue weighted by Crippen LogP contribution is 2.22. The lowest BCUT2D eigenvalue weighted by Crippen LogP contribution is -1.99. The normalized spacial score (nSPS) is 11.2. The van der Waals surface area contributed by atoms with E-state index >= 15 is 0 Å². The second-order valence-corrected chi connectivity index (χ2v) is 6.06. The van der Waals surface area contributed by atoms with Gasteiger partial charge in [-0.2, -0.15) is 0 Å². The standard InChI is InChI=1S/C21H20N2O/c1-16-19(22-21(24-16)18-9-3-2-4-10-18)11-7-14-23-15-13-17-8-5-6-12-20(17)23/h2-6,8-10,12-13,15H,7,11,14H2,1H3. The molecule has 0 saturated carbocycles. The van der Waals surface area contributed by atoms with E-state index in [0.29, 0.717) is 0 Å². The van der Waals surface area contributed by atoms with E-state index in [1.807, 2.05) is 37.3 Å². The second kappa shape index (κ2) is 6.36. The summed E-state index contributed by atoms with van der Waals surface area (Å²) in [5.74, 6) is 1.64. The Balaban J connectivity index is 1.46. The van der Waals surface area contributed by atoms with Gasteiger partial charge in [-0.1, -0.05) is 36.4 Å². The van der Waals surface area contributed by atoms with E-state index < -0.39 is 0 Å². The molecule has 4 aromatic rings. The SMILES string of the molecule is Cc1oc(-c2ccccc2)nc1CCCn1ccc2ccccc21. The average molecular weight is 316 g/mol. The third-order valence-electron chi connectivity index (χ3n) is 4.41. The van der Waals surface area contributed by atoms with Crippen LogP contribution in [-0.2, 0) is 13.0 Å². The summed E-state index contributed by atoms with van der Waals surface area (Å²) in [7, 11) is 0. The summed E-state index contributed by atoms with van der Waals surface area (Å²) >= 11 is 0. The summed E-state index contributed by atoms with van der Waals surface area (Å²) in [6, 6.07) is 20.7. The smallest absolute Gasteiger partial charge is 0.226 e. The summed E-state index contributed by atoms with van der Waals surface area (Å²) in [6.45, 7) is 2.99. The average Bonchev–Trinajstić information content (AvgIpc) is 3.20. The maximum absolute atomic E-state index is 5.84. The van der Waals surface area contributed by atoms with Crippen LogP contribution in [0, 0.1) is 6.92 Å². The monoisotopic (exact) mass is 316 g/mol. The minimum Gasteiger partial charge on any atom is -0.441 e. The molecule has 0 aliphatic carbocycles. The molecule has 0 aliphatic heterocycles. The number of benzene rings is 2. The van der Waals surface area contributed by atoms with Gasteiger partial charge in [-0.15, -0.1) is 0 Å². The Morgan fingerprint density at radius 1 is 0.958 bits per heavy atom. The molecule has 24 heavy (non-hydrogen) atoms. The van der Waals surface area contributed by atoms with E-state index in [4.69, 9.17) is 4.42 Å². The van der Waals surface area contributed by atoms with Gasteiger partial charge in [0, 0.05) is 23.8 Å². The van der Waals surface area contributed by atoms with E-state index in [-0.39, 0.29) is 0 Å². The molecule has 3 nitrogen and oxygen atoms in total. The van der Waals surface area contributed by atoms with Crippen molar-refractivity contribution in [3.05, 3.63) is 78.3 Å². The Morgan fingerprint density at radius 3 is 2.62 bits per heavy atom. The zero-order valence-electron chi connectivity index (χ0n) is 13.8. The molecule has 0 bridgehead atoms. The van der Waals surface area contributed by atoms with Gasteiger partial charge in [0.15, 0.2) is 0 Å². The number of hydrogen-bond donors (Lipinski definition) is 0. The molecule has 0 amide bonds. The lowest BCUT2D eigenvalue weighted by molar-refractivity contribution is 0.537. The molecule has 2 aromatic heterocycles. The molecular formula is C21H20N2O. The largest absolute Gasteiger partial charge is 0.441 e. The van der Waals surface area contributed by atoms with Gasteiger partial charge in [0.05, 0.1) is 5.69 Å². The van der Waals surface area contributed by atoms with Crippen molar-refractivity contribution in [2.24, 2.45) is 0 Å². The molecule has 0 atom stereocenters. The van der Waals surface area contributed by atoms with Crippen LogP contribution >= 0.6 is 0 Å². The van der Waals surface area contributed by atoms with Gasteiger partial charge in [0.25, 0.3) is 0 Å². The van der Waals surface area contributed by atoms with E-state index in [1.54, 1.807) is 0 Å². The molecule has 3 heteroatoms. The van der Waals surface area contributed by atoms with Gasteiger partial charge in [-0.3, -0.25) is 0 Å². The Morgan fingerprint density at radius 2 is 1.75 bits per heavy atom. The minimum absolute atomic E-state index is 0.717. The Bertz CT molecular complexity index is 950. The van der Waals surface area contributed by atoms with Crippen molar-refractivity contribution < 1.29 is 4.42 Å². The highest BCUT2D eigenvalue weighted by molar-refractivity contribution is 5.79. The van der Waals surface area contributed by atoms with Crippen molar-refractivity contribution >= 4 is 10.9 Å². The molecule has 2 aromatic carbocycles. The maximum atomic E-state index is 5.84. The Kier molecular flexibility index (Phi) is 3.91. The quantitative estimate of drug-likeness (QED) is 0.504. The first-order chi connectivity index (χ1) is 11.8. The zero-order valence-corrected chi connectivity index (χ0v) is 13.8. The molecular weight excluding hydrogens is 296 g/mol. The van der Waals surface area contributed by atoms with Crippen molar-refractivity contribution in [2.45, 2.75) is 26.3 Å². The summed E-state index contributed by atoms with van der Waals surface area (Å²) in [6.07, 6.45) is 4.13. The lowest BCUT2D eigenvalue weighted by Gasteiger charge is -2.04. The third kappa shape index (κ3) is 2.85. The molecule has 0 unspecified atom stereocenters. The molecule has 4 rings (SSSR count). The fraction of sp³-hybridized carbons (Fsp3) is 0.190. The van der Waals surface area contributed by atoms with Crippen molar-refractivity contribution in [2.75, 3.05) is 0 Å². The number of rotatable bonds is 5. The predicted octanol–water partition coefficient (Wildman–Crippen LogP) is 5.24. The van der Waals surface area contributed by atoms with Gasteiger partial charge in [0.2, 0.25) is 5.89 Å². The Hall–Kier alpha value is -2.81. The number of aryl methyl sites for hydroxylation is 3. The third-order valence-corrected chi connectivity index (χ3v) is 4.41. The maximum Gasteiger partial charge on any atom is 0.226 e. The van der Waals surface area contributed by atoms with Gasteiger partial charge >= 0.3 is 0 Å². The second-order valence-electron chi connectivity index (χ2n) is 6.06. The summed E-state index contributed by atoms with van der Waals surface area (Å²) in [4.78, 5) is 4.69. The van der Waals surface area contributed by atoms with Crippen LogP contribution in [0.4, 0.5) is 0 Å². The van der Waals surface area contributed by atoms with Crippen LogP contribution in [0.15, 0.2) is 71.3 Å². The van der Waals surface area contributed by atoms with Crippen LogP contribution < -0.4 is 0 Å². The first kappa shape index (κ1) is 14.8. The fourth-order valence-corrected chi connectivity index (χ4v) is 3.12. The summed E-state index contributed by atoms with van der Waals surface area (Å²) in [5, 5.41) is 1.29. The first-order valence-corrected chi connectivity index (χ1v) is 8.37. The molecule has 0 aliphatic rings. The highest BCUT2D eigenvalue weighted by Gasteiger charge is 2.11. The number of aromatic nitrogens is 2. The van der Waals surface area contributed by atoms with Crippen molar-refractivity contribution in [1.29, 1.82) is 0 Å². The van der Waals surface area contributed by atoms with Crippen molar-refractivity contribution in [3.8, 4) is 11.5 Å². The van der Waals surface area contributed by atoms with E-state index in [9.17, 15) is 0 Å². The van der Waals surface area contributed by atoms with Crippen LogP contribution in [0.3, 0.4) is 0 Å². The number of nitrogens with zero attached hydrogens (tertiary/aromatic N) is 2. The highest BCUT2D eigenvalue weighted by atomic mass is 16.4. The summed E-state index contributed by atoms with van der Waals surface area (Å²) in [5.41, 5.74) is 3.38. The van der Waals surface area contributed by atoms with Gasteiger partial charge in [0.1, 0.15) is 5.76 Å². The van der Waals surface area contributed by atoms with Crippen LogP contribution in [0.5, 0.6) is 0 Å². The summed E-state index contributed by atoms with van der Waals surface area (Å²) < 4.78 is 8.15. The molecule has 0 fully saturated rings. The molecule has 0 N–H and O–H groups in total. The van der Waals surface area contributed by atoms with E-state index in [2.05, 4.69) is 46.1 Å². The van der Waals surface area contributed by atoms with E-state index in [1.165, 1.54) is 10.9 Å². The van der Waals surface area contributed by atoms with Crippen LogP contribution in [-0.4, -0.2) is 9.55 Å². The number of oxazole rings is 1. The number of para-hydroxylation sites is 1. The van der Waals surface area contributed by atoms with E-state index in [0.717, 1.165) is 42.3 Å². The van der Waals surface area contributed by atoms with Gasteiger partial charge < -0.3 is 8.98 Å². The van der Waals surface area contributed by atoms with Gasteiger partial charge in [-0.25, -0.2) is 4.98 Å². The first-order valence-electron chi connectivity index (χ1n) is 8.37. The molecule has 120 valence electrons. The van der Waals surface area contributed by atoms with Crippen LogP contribution in [0.25, 0.3) is 22.4 Å². The molecule has 2 heterocycles. The van der Waals surface area contributed by atoms with Crippen LogP contribution in [0.1, 0.15) is 17.9 Å². The zero-order chi connectivity index (χ0) is 16.4. The van der Waals surface area contributed by atoms with Crippen molar-refractivity contribution in [3.63, 3.8) is 0 Å². The topological polar surface area (TPSA) is 31.0 Å². The number of fused-ring (bicyclic) bond motifs is 1. The predicted molar refractivity (Wildman–Crippen MR) is 96.9 cm³/mol. The minimum atomic E-state index is 0.717. The lowest BCUT2D eigenvalue weighted by atomic mass is 10.2. The molecule has 0 radical (unpaired) electrons. The fourth-order valence-electron chi connectivity index (χ4n) is 3.12. The molecule has 0 saturated heterocycles. The van der Waals surface area contributed by atoms with Crippen LogP contribution in [0.2, 0.25) is 0 Å².